The summed E-state index contributed by atoms with van der Waals surface area (Å²) in [5.41, 5.74) is 1.10. The molecule has 1 amide bonds. The number of aliphatic hydroxyl groups is 1. The first kappa shape index (κ1) is 17.4. The van der Waals surface area contributed by atoms with Gasteiger partial charge in [0.2, 0.25) is 5.91 Å². The van der Waals surface area contributed by atoms with E-state index >= 15 is 0 Å². The molecular weight excluding hydrogens is 316 g/mol. The van der Waals surface area contributed by atoms with Gasteiger partial charge in [-0.05, 0) is 49.6 Å². The summed E-state index contributed by atoms with van der Waals surface area (Å²) in [6, 6.07) is 11.4. The van der Waals surface area contributed by atoms with E-state index in [2.05, 4.69) is 4.98 Å². The van der Waals surface area contributed by atoms with Gasteiger partial charge in [-0.25, -0.2) is 0 Å². The molecule has 1 N–H and O–H groups in total. The van der Waals surface area contributed by atoms with Gasteiger partial charge in [-0.3, -0.25) is 9.78 Å². The van der Waals surface area contributed by atoms with Crippen LogP contribution in [0, 0.1) is 6.92 Å². The van der Waals surface area contributed by atoms with Crippen molar-refractivity contribution in [1.82, 2.24) is 9.88 Å². The maximum absolute atomic E-state index is 12.5. The summed E-state index contributed by atoms with van der Waals surface area (Å²) >= 11 is 0. The minimum absolute atomic E-state index is 0.0275. The van der Waals surface area contributed by atoms with E-state index in [1.165, 1.54) is 0 Å². The number of hydrogen-bond donors (Lipinski definition) is 1. The van der Waals surface area contributed by atoms with Crippen LogP contribution in [0.15, 0.2) is 48.8 Å². The minimum atomic E-state index is -1.00. The quantitative estimate of drug-likeness (QED) is 0.908. The lowest BCUT2D eigenvalue weighted by atomic mass is 9.93. The van der Waals surface area contributed by atoms with Crippen LogP contribution < -0.4 is 4.74 Å². The standard InChI is InChI=1S/C20H24N2O3/c1-16-3-5-18(6-4-16)25-15-20(24)9-2-12-22(14-20)19(23)13-17-7-10-21-11-8-17/h3-8,10-11,24H,2,9,12-15H2,1H3. The predicted octanol–water partition coefficient (Wildman–Crippen LogP) is 2.37. The Morgan fingerprint density at radius 1 is 1.24 bits per heavy atom. The third-order valence-electron chi connectivity index (χ3n) is 4.54. The second-order valence-electron chi connectivity index (χ2n) is 6.78. The second-order valence-corrected chi connectivity index (χ2v) is 6.78. The van der Waals surface area contributed by atoms with E-state index < -0.39 is 5.60 Å². The molecule has 1 aromatic carbocycles. The molecule has 1 saturated heterocycles. The number of aromatic nitrogens is 1. The first-order valence-electron chi connectivity index (χ1n) is 8.63. The number of likely N-dealkylation sites (tertiary alicyclic amines) is 1. The number of benzene rings is 1. The summed E-state index contributed by atoms with van der Waals surface area (Å²) in [4.78, 5) is 18.2. The maximum atomic E-state index is 12.5. The number of rotatable bonds is 5. The predicted molar refractivity (Wildman–Crippen MR) is 95.4 cm³/mol. The molecule has 132 valence electrons. The van der Waals surface area contributed by atoms with E-state index in [1.807, 2.05) is 43.3 Å². The Bertz CT molecular complexity index is 703. The SMILES string of the molecule is Cc1ccc(OCC2(O)CCCN(C(=O)Cc3ccncc3)C2)cc1. The molecule has 1 atom stereocenters. The molecule has 1 fully saturated rings. The lowest BCUT2D eigenvalue weighted by Gasteiger charge is -2.39. The van der Waals surface area contributed by atoms with Crippen molar-refractivity contribution in [3.63, 3.8) is 0 Å². The van der Waals surface area contributed by atoms with Crippen molar-refractivity contribution in [2.75, 3.05) is 19.7 Å². The third-order valence-corrected chi connectivity index (χ3v) is 4.54. The molecule has 5 heteroatoms. The van der Waals surface area contributed by atoms with E-state index in [0.717, 1.165) is 23.3 Å². The Hall–Kier alpha value is -2.40. The van der Waals surface area contributed by atoms with Gasteiger partial charge in [-0.15, -0.1) is 0 Å². The minimum Gasteiger partial charge on any atom is -0.491 e. The number of nitrogens with zero attached hydrogens (tertiary/aromatic N) is 2. The van der Waals surface area contributed by atoms with Crippen LogP contribution >= 0.6 is 0 Å². The number of amides is 1. The summed E-state index contributed by atoms with van der Waals surface area (Å²) in [6.45, 7) is 3.19. The zero-order valence-electron chi connectivity index (χ0n) is 14.5. The van der Waals surface area contributed by atoms with Gasteiger partial charge >= 0.3 is 0 Å². The molecule has 1 aliphatic rings. The Labute approximate surface area is 148 Å². The molecule has 0 bridgehead atoms. The third kappa shape index (κ3) is 4.79. The fraction of sp³-hybridized carbons (Fsp3) is 0.400. The maximum Gasteiger partial charge on any atom is 0.227 e. The molecule has 2 aromatic rings. The number of pyridine rings is 1. The van der Waals surface area contributed by atoms with Gasteiger partial charge < -0.3 is 14.7 Å². The number of β-amino-alcohol motifs (C(OH)–C–C–N with tert-alkyl or cyclic N) is 1. The number of carbonyl (C=O) groups is 1. The lowest BCUT2D eigenvalue weighted by Crippen LogP contribution is -2.53. The van der Waals surface area contributed by atoms with Crippen LogP contribution in [0.4, 0.5) is 0 Å². The molecule has 25 heavy (non-hydrogen) atoms. The Morgan fingerprint density at radius 2 is 1.96 bits per heavy atom. The van der Waals surface area contributed by atoms with Crippen molar-refractivity contribution in [1.29, 1.82) is 0 Å². The highest BCUT2D eigenvalue weighted by molar-refractivity contribution is 5.78. The monoisotopic (exact) mass is 340 g/mol. The number of aryl methyl sites for hydroxylation is 1. The van der Waals surface area contributed by atoms with Crippen molar-refractivity contribution in [3.05, 3.63) is 59.9 Å². The van der Waals surface area contributed by atoms with Gasteiger partial charge in [0, 0.05) is 18.9 Å². The van der Waals surface area contributed by atoms with Gasteiger partial charge in [0.25, 0.3) is 0 Å². The first-order chi connectivity index (χ1) is 12.0. The molecule has 1 unspecified atom stereocenters. The molecular formula is C20H24N2O3. The highest BCUT2D eigenvalue weighted by Gasteiger charge is 2.36. The second kappa shape index (κ2) is 7.66. The van der Waals surface area contributed by atoms with Gasteiger partial charge in [0.1, 0.15) is 18.0 Å². The highest BCUT2D eigenvalue weighted by atomic mass is 16.5. The van der Waals surface area contributed by atoms with Crippen LogP contribution in [0.5, 0.6) is 5.75 Å². The highest BCUT2D eigenvalue weighted by Crippen LogP contribution is 2.23. The van der Waals surface area contributed by atoms with Gasteiger partial charge in [-0.2, -0.15) is 0 Å². The van der Waals surface area contributed by atoms with Gasteiger partial charge in [0.15, 0.2) is 0 Å². The van der Waals surface area contributed by atoms with Crippen molar-refractivity contribution < 1.29 is 14.6 Å². The molecule has 0 saturated carbocycles. The Morgan fingerprint density at radius 3 is 2.68 bits per heavy atom. The average molecular weight is 340 g/mol. The molecule has 0 spiro atoms. The lowest BCUT2D eigenvalue weighted by molar-refractivity contribution is -0.139. The fourth-order valence-corrected chi connectivity index (χ4v) is 3.08. The molecule has 1 aromatic heterocycles. The summed E-state index contributed by atoms with van der Waals surface area (Å²) in [5.74, 6) is 0.763. The van der Waals surface area contributed by atoms with Gasteiger partial charge in [-0.1, -0.05) is 17.7 Å². The van der Waals surface area contributed by atoms with Crippen molar-refractivity contribution in [2.45, 2.75) is 31.8 Å². The molecule has 0 radical (unpaired) electrons. The van der Waals surface area contributed by atoms with Gasteiger partial charge in [0.05, 0.1) is 13.0 Å². The summed E-state index contributed by atoms with van der Waals surface area (Å²) in [7, 11) is 0. The molecule has 3 rings (SSSR count). The zero-order valence-corrected chi connectivity index (χ0v) is 14.5. The van der Waals surface area contributed by atoms with Crippen LogP contribution in [-0.2, 0) is 11.2 Å². The number of hydrogen-bond acceptors (Lipinski definition) is 4. The van der Waals surface area contributed by atoms with E-state index in [9.17, 15) is 9.90 Å². The van der Waals surface area contributed by atoms with Crippen molar-refractivity contribution >= 4 is 5.91 Å². The van der Waals surface area contributed by atoms with Crippen LogP contribution in [0.25, 0.3) is 0 Å². The summed E-state index contributed by atoms with van der Waals surface area (Å²) in [5, 5.41) is 10.8. The fourth-order valence-electron chi connectivity index (χ4n) is 3.08. The number of piperidine rings is 1. The Balaban J connectivity index is 1.57. The van der Waals surface area contributed by atoms with E-state index in [1.54, 1.807) is 17.3 Å². The van der Waals surface area contributed by atoms with Crippen LogP contribution in [0.1, 0.15) is 24.0 Å². The molecule has 0 aliphatic carbocycles. The van der Waals surface area contributed by atoms with E-state index in [-0.39, 0.29) is 12.5 Å². The van der Waals surface area contributed by atoms with E-state index in [4.69, 9.17) is 4.74 Å². The molecule has 5 nitrogen and oxygen atoms in total. The van der Waals surface area contributed by atoms with Crippen LogP contribution in [0.3, 0.4) is 0 Å². The zero-order chi connectivity index (χ0) is 17.7. The van der Waals surface area contributed by atoms with Crippen LogP contribution in [-0.4, -0.2) is 46.2 Å². The van der Waals surface area contributed by atoms with Crippen LogP contribution in [0.2, 0.25) is 0 Å². The topological polar surface area (TPSA) is 62.7 Å². The molecule has 1 aliphatic heterocycles. The normalized spacial score (nSPS) is 20.3. The molecule has 2 heterocycles. The largest absolute Gasteiger partial charge is 0.491 e. The van der Waals surface area contributed by atoms with E-state index in [0.29, 0.717) is 25.9 Å². The first-order valence-corrected chi connectivity index (χ1v) is 8.63. The summed E-state index contributed by atoms with van der Waals surface area (Å²) < 4.78 is 5.75. The average Bonchev–Trinajstić information content (AvgIpc) is 2.62. The van der Waals surface area contributed by atoms with Crippen molar-refractivity contribution in [3.8, 4) is 5.75 Å². The Kier molecular flexibility index (Phi) is 5.34. The number of ether oxygens (including phenoxy) is 1. The number of carbonyl (C=O) groups excluding carboxylic acids is 1. The van der Waals surface area contributed by atoms with Crippen molar-refractivity contribution in [2.24, 2.45) is 0 Å². The summed E-state index contributed by atoms with van der Waals surface area (Å²) in [6.07, 6.45) is 5.11. The smallest absolute Gasteiger partial charge is 0.227 e.